The van der Waals surface area contributed by atoms with Crippen molar-refractivity contribution in [3.8, 4) is 5.75 Å². The highest BCUT2D eigenvalue weighted by Gasteiger charge is 2.13. The standard InChI is InChI=1S/C17H21BrN2O2S/c1-19(11-15-8-9-16(18)23-15)12-17(21)20(2)10-13-4-6-14(22-3)7-5-13/h4-9H,10-12H2,1-3H3. The van der Waals surface area contributed by atoms with Crippen molar-refractivity contribution < 1.29 is 9.53 Å². The average Bonchev–Trinajstić information content (AvgIpc) is 2.92. The highest BCUT2D eigenvalue weighted by Crippen LogP contribution is 2.23. The number of hydrogen-bond donors (Lipinski definition) is 0. The maximum atomic E-state index is 12.3. The van der Waals surface area contributed by atoms with Gasteiger partial charge in [-0.15, -0.1) is 11.3 Å². The minimum atomic E-state index is 0.110. The van der Waals surface area contributed by atoms with Crippen LogP contribution >= 0.6 is 27.3 Å². The Balaban J connectivity index is 1.83. The second-order valence-electron chi connectivity index (χ2n) is 5.48. The molecule has 0 aliphatic carbocycles. The van der Waals surface area contributed by atoms with Crippen molar-refractivity contribution >= 4 is 33.2 Å². The summed E-state index contributed by atoms with van der Waals surface area (Å²) in [5.41, 5.74) is 1.09. The van der Waals surface area contributed by atoms with Crippen molar-refractivity contribution in [2.75, 3.05) is 27.7 Å². The molecule has 4 nitrogen and oxygen atoms in total. The van der Waals surface area contributed by atoms with Crippen LogP contribution in [0.4, 0.5) is 0 Å². The summed E-state index contributed by atoms with van der Waals surface area (Å²) in [5.74, 6) is 0.934. The first-order valence-corrected chi connectivity index (χ1v) is 8.88. The average molecular weight is 397 g/mol. The van der Waals surface area contributed by atoms with Gasteiger partial charge < -0.3 is 9.64 Å². The van der Waals surface area contributed by atoms with Gasteiger partial charge in [-0.1, -0.05) is 12.1 Å². The van der Waals surface area contributed by atoms with Gasteiger partial charge in [0.1, 0.15) is 5.75 Å². The van der Waals surface area contributed by atoms with E-state index in [2.05, 4.69) is 22.0 Å². The molecular formula is C17H21BrN2O2S. The molecule has 2 aromatic rings. The third-order valence-corrected chi connectivity index (χ3v) is 5.07. The molecule has 6 heteroatoms. The molecule has 1 aromatic heterocycles. The Kier molecular flexibility index (Phi) is 6.62. The molecule has 0 atom stereocenters. The van der Waals surface area contributed by atoms with E-state index in [4.69, 9.17) is 4.74 Å². The van der Waals surface area contributed by atoms with Crippen LogP contribution in [0.2, 0.25) is 0 Å². The van der Waals surface area contributed by atoms with E-state index in [-0.39, 0.29) is 5.91 Å². The molecule has 124 valence electrons. The lowest BCUT2D eigenvalue weighted by Gasteiger charge is -2.21. The fraction of sp³-hybridized carbons (Fsp3) is 0.353. The Morgan fingerprint density at radius 1 is 1.13 bits per heavy atom. The topological polar surface area (TPSA) is 32.8 Å². The van der Waals surface area contributed by atoms with Crippen LogP contribution < -0.4 is 4.74 Å². The Morgan fingerprint density at radius 2 is 1.83 bits per heavy atom. The normalized spacial score (nSPS) is 10.8. The smallest absolute Gasteiger partial charge is 0.236 e. The van der Waals surface area contributed by atoms with Crippen LogP contribution in [0.15, 0.2) is 40.2 Å². The Morgan fingerprint density at radius 3 is 2.39 bits per heavy atom. The third-order valence-electron chi connectivity index (χ3n) is 3.46. The first-order chi connectivity index (χ1) is 11.0. The van der Waals surface area contributed by atoms with Crippen molar-refractivity contribution in [1.29, 1.82) is 0 Å². The lowest BCUT2D eigenvalue weighted by Crippen LogP contribution is -2.35. The van der Waals surface area contributed by atoms with Crippen molar-refractivity contribution in [3.63, 3.8) is 0 Å². The van der Waals surface area contributed by atoms with Crippen LogP contribution in [-0.4, -0.2) is 43.5 Å². The molecule has 1 heterocycles. The van der Waals surface area contributed by atoms with Crippen LogP contribution in [0.3, 0.4) is 0 Å². The summed E-state index contributed by atoms with van der Waals surface area (Å²) in [5, 5.41) is 0. The molecule has 0 aliphatic heterocycles. The number of methoxy groups -OCH3 is 1. The number of rotatable bonds is 7. The number of thiophene rings is 1. The summed E-state index contributed by atoms with van der Waals surface area (Å²) in [6.45, 7) is 1.78. The summed E-state index contributed by atoms with van der Waals surface area (Å²) in [4.78, 5) is 17.4. The first-order valence-electron chi connectivity index (χ1n) is 7.27. The molecule has 0 fully saturated rings. The SMILES string of the molecule is COc1ccc(CN(C)C(=O)CN(C)Cc2ccc(Br)s2)cc1. The molecule has 0 aliphatic rings. The Labute approximate surface area is 149 Å². The quantitative estimate of drug-likeness (QED) is 0.716. The number of nitrogens with zero attached hydrogens (tertiary/aromatic N) is 2. The monoisotopic (exact) mass is 396 g/mol. The zero-order chi connectivity index (χ0) is 16.8. The summed E-state index contributed by atoms with van der Waals surface area (Å²) in [6.07, 6.45) is 0. The second kappa shape index (κ2) is 8.47. The van der Waals surface area contributed by atoms with Crippen LogP contribution in [0.25, 0.3) is 0 Å². The molecule has 0 N–H and O–H groups in total. The summed E-state index contributed by atoms with van der Waals surface area (Å²) >= 11 is 5.16. The maximum absolute atomic E-state index is 12.3. The number of carbonyl (C=O) groups is 1. The molecule has 0 radical (unpaired) electrons. The lowest BCUT2D eigenvalue weighted by molar-refractivity contribution is -0.131. The van der Waals surface area contributed by atoms with Crippen LogP contribution in [-0.2, 0) is 17.9 Å². The number of ether oxygens (including phenoxy) is 1. The predicted molar refractivity (Wildman–Crippen MR) is 97.8 cm³/mol. The van der Waals surface area contributed by atoms with Crippen molar-refractivity contribution in [3.05, 3.63) is 50.6 Å². The number of carbonyl (C=O) groups excluding carboxylic acids is 1. The molecule has 1 amide bonds. The first kappa shape index (κ1) is 18.0. The molecule has 0 spiro atoms. The van der Waals surface area contributed by atoms with Crippen molar-refractivity contribution in [2.45, 2.75) is 13.1 Å². The highest BCUT2D eigenvalue weighted by atomic mass is 79.9. The van der Waals surface area contributed by atoms with Crippen molar-refractivity contribution in [1.82, 2.24) is 9.80 Å². The van der Waals surface area contributed by atoms with E-state index in [1.54, 1.807) is 23.3 Å². The summed E-state index contributed by atoms with van der Waals surface area (Å²) < 4.78 is 6.26. The van der Waals surface area contributed by atoms with Gasteiger partial charge in [-0.05, 0) is 52.8 Å². The van der Waals surface area contributed by atoms with Gasteiger partial charge >= 0.3 is 0 Å². The van der Waals surface area contributed by atoms with Gasteiger partial charge in [0.25, 0.3) is 0 Å². The van der Waals surface area contributed by atoms with E-state index in [0.717, 1.165) is 21.6 Å². The number of benzene rings is 1. The van der Waals surface area contributed by atoms with Gasteiger partial charge in [-0.2, -0.15) is 0 Å². The van der Waals surface area contributed by atoms with Gasteiger partial charge in [-0.25, -0.2) is 0 Å². The van der Waals surface area contributed by atoms with E-state index < -0.39 is 0 Å². The number of hydrogen-bond acceptors (Lipinski definition) is 4. The van der Waals surface area contributed by atoms with Gasteiger partial charge in [0.2, 0.25) is 5.91 Å². The number of likely N-dealkylation sites (N-methyl/N-ethyl adjacent to an activating group) is 2. The van der Waals surface area contributed by atoms with E-state index in [1.165, 1.54) is 4.88 Å². The molecule has 0 unspecified atom stereocenters. The predicted octanol–water partition coefficient (Wildman–Crippen LogP) is 3.61. The lowest BCUT2D eigenvalue weighted by atomic mass is 10.2. The fourth-order valence-electron chi connectivity index (χ4n) is 2.20. The van der Waals surface area contributed by atoms with Gasteiger partial charge in [0, 0.05) is 25.0 Å². The van der Waals surface area contributed by atoms with Crippen LogP contribution in [0.5, 0.6) is 5.75 Å². The van der Waals surface area contributed by atoms with Crippen LogP contribution in [0.1, 0.15) is 10.4 Å². The molecule has 23 heavy (non-hydrogen) atoms. The molecule has 0 saturated heterocycles. The molecule has 0 saturated carbocycles. The highest BCUT2D eigenvalue weighted by molar-refractivity contribution is 9.11. The van der Waals surface area contributed by atoms with Crippen molar-refractivity contribution in [2.24, 2.45) is 0 Å². The zero-order valence-electron chi connectivity index (χ0n) is 13.6. The Bertz CT molecular complexity index is 642. The maximum Gasteiger partial charge on any atom is 0.236 e. The zero-order valence-corrected chi connectivity index (χ0v) is 16.0. The van der Waals surface area contributed by atoms with Gasteiger partial charge in [0.15, 0.2) is 0 Å². The van der Waals surface area contributed by atoms with E-state index in [1.807, 2.05) is 49.3 Å². The van der Waals surface area contributed by atoms with E-state index in [9.17, 15) is 4.79 Å². The van der Waals surface area contributed by atoms with Gasteiger partial charge in [0.05, 0.1) is 17.4 Å². The van der Waals surface area contributed by atoms with Gasteiger partial charge in [-0.3, -0.25) is 9.69 Å². The molecule has 0 bridgehead atoms. The fourth-order valence-corrected chi connectivity index (χ4v) is 3.77. The minimum absolute atomic E-state index is 0.110. The molecular weight excluding hydrogens is 376 g/mol. The number of halogens is 1. The number of amides is 1. The van der Waals surface area contributed by atoms with E-state index in [0.29, 0.717) is 13.1 Å². The van der Waals surface area contributed by atoms with Crippen LogP contribution in [0, 0.1) is 0 Å². The molecule has 2 rings (SSSR count). The minimum Gasteiger partial charge on any atom is -0.497 e. The molecule has 1 aromatic carbocycles. The Hall–Kier alpha value is -1.37. The summed E-state index contributed by atoms with van der Waals surface area (Å²) in [7, 11) is 5.45. The largest absolute Gasteiger partial charge is 0.497 e. The van der Waals surface area contributed by atoms with E-state index >= 15 is 0 Å². The third kappa shape index (κ3) is 5.64. The second-order valence-corrected chi connectivity index (χ2v) is 8.02. The summed E-state index contributed by atoms with van der Waals surface area (Å²) in [6, 6.07) is 11.9.